The van der Waals surface area contributed by atoms with Gasteiger partial charge >= 0.3 is 0 Å². The first-order valence-electron chi connectivity index (χ1n) is 15.7. The second-order valence-electron chi connectivity index (χ2n) is 11.6. The number of carbonyl (C=O) groups is 1. The molecular weight excluding hydrogens is 568 g/mol. The number of hydrogen-bond acceptors (Lipinski definition) is 5. The molecule has 0 bridgehead atoms. The molecule has 0 fully saturated rings. The zero-order valence-electron chi connectivity index (χ0n) is 26.9. The minimum absolute atomic E-state index is 0.212. The number of aryl methyl sites for hydroxylation is 1. The van der Waals surface area contributed by atoms with Gasteiger partial charge < -0.3 is 21.3 Å². The van der Waals surface area contributed by atoms with Crippen molar-refractivity contribution in [2.24, 2.45) is 5.73 Å². The second kappa shape index (κ2) is 16.9. The third-order valence-corrected chi connectivity index (χ3v) is 7.84. The summed E-state index contributed by atoms with van der Waals surface area (Å²) in [4.78, 5) is 11.1. The predicted octanol–water partition coefficient (Wildman–Crippen LogP) is 8.40. The van der Waals surface area contributed by atoms with Gasteiger partial charge in [0.05, 0.1) is 0 Å². The maximum atomic E-state index is 11.1. The number of fused-ring (bicyclic) bond motifs is 2. The molecule has 1 atom stereocenters. The summed E-state index contributed by atoms with van der Waals surface area (Å²) in [5.74, 6) is 0.809. The number of carbonyl (C=O) groups excluding carboxylic acids is 1. The van der Waals surface area contributed by atoms with E-state index in [9.17, 15) is 9.90 Å². The van der Waals surface area contributed by atoms with Crippen LogP contribution in [0.25, 0.3) is 21.5 Å². The molecule has 6 rings (SSSR count). The Morgan fingerprint density at radius 1 is 0.674 bits per heavy atom. The molecule has 236 valence electrons. The fourth-order valence-corrected chi connectivity index (χ4v) is 5.34. The lowest BCUT2D eigenvalue weighted by Gasteiger charge is -2.15. The van der Waals surface area contributed by atoms with Gasteiger partial charge in [-0.3, -0.25) is 4.79 Å². The number of nitrogens with one attached hydrogen (secondary N) is 1. The van der Waals surface area contributed by atoms with Gasteiger partial charge in [-0.2, -0.15) is 0 Å². The van der Waals surface area contributed by atoms with Crippen LogP contribution < -0.4 is 11.1 Å². The quantitative estimate of drug-likeness (QED) is 0.138. The van der Waals surface area contributed by atoms with Crippen molar-refractivity contribution >= 4 is 27.3 Å². The van der Waals surface area contributed by atoms with E-state index in [0.29, 0.717) is 24.8 Å². The van der Waals surface area contributed by atoms with Crippen LogP contribution in [0.2, 0.25) is 0 Å². The summed E-state index contributed by atoms with van der Waals surface area (Å²) in [6.07, 6.45) is 1.53. The molecule has 0 amide bonds. The van der Waals surface area contributed by atoms with Crippen LogP contribution in [0.1, 0.15) is 41.7 Å². The molecule has 6 aromatic carbocycles. The van der Waals surface area contributed by atoms with Crippen molar-refractivity contribution in [2.45, 2.75) is 52.7 Å². The molecular formula is C41H44N2O3. The topological polar surface area (TPSA) is 95.6 Å². The fraction of sp³-hybridized carbons (Fsp3) is 0.195. The highest BCUT2D eigenvalue weighted by atomic mass is 16.3. The van der Waals surface area contributed by atoms with Gasteiger partial charge in [-0.1, -0.05) is 103 Å². The SMILES string of the molecule is CC(=O)Cc1ccc(C)c2ccccc12.CC(Cc1cccc2ccccc12)NCc1ccc(O)cc1.NCc1ccc(O)cc1. The van der Waals surface area contributed by atoms with Crippen molar-refractivity contribution in [1.29, 1.82) is 0 Å². The van der Waals surface area contributed by atoms with E-state index in [1.54, 1.807) is 43.3 Å². The van der Waals surface area contributed by atoms with Gasteiger partial charge in [0, 0.05) is 25.6 Å². The molecule has 0 aliphatic heterocycles. The van der Waals surface area contributed by atoms with Crippen LogP contribution in [0, 0.1) is 6.92 Å². The van der Waals surface area contributed by atoms with Gasteiger partial charge in [0.2, 0.25) is 0 Å². The molecule has 5 N–H and O–H groups in total. The molecule has 1 unspecified atom stereocenters. The highest BCUT2D eigenvalue weighted by Crippen LogP contribution is 2.23. The molecule has 0 aliphatic carbocycles. The van der Waals surface area contributed by atoms with Crippen LogP contribution >= 0.6 is 0 Å². The van der Waals surface area contributed by atoms with Crippen LogP contribution in [0.15, 0.2) is 127 Å². The van der Waals surface area contributed by atoms with E-state index in [1.807, 2.05) is 24.3 Å². The molecule has 5 nitrogen and oxygen atoms in total. The number of benzene rings is 6. The predicted molar refractivity (Wildman–Crippen MR) is 191 cm³/mol. The van der Waals surface area contributed by atoms with Crippen LogP contribution in [-0.2, 0) is 30.7 Å². The van der Waals surface area contributed by atoms with E-state index >= 15 is 0 Å². The lowest BCUT2D eigenvalue weighted by molar-refractivity contribution is -0.116. The van der Waals surface area contributed by atoms with E-state index in [0.717, 1.165) is 24.1 Å². The summed E-state index contributed by atoms with van der Waals surface area (Å²) in [6.45, 7) is 7.28. The largest absolute Gasteiger partial charge is 0.508 e. The average Bonchev–Trinajstić information content (AvgIpc) is 3.07. The van der Waals surface area contributed by atoms with Crippen LogP contribution in [0.3, 0.4) is 0 Å². The second-order valence-corrected chi connectivity index (χ2v) is 11.6. The van der Waals surface area contributed by atoms with Crippen molar-refractivity contribution in [3.05, 3.63) is 155 Å². The number of phenols is 2. The maximum absolute atomic E-state index is 11.1. The van der Waals surface area contributed by atoms with Gasteiger partial charge in [0.1, 0.15) is 17.3 Å². The molecule has 0 aliphatic rings. The Bertz CT molecular complexity index is 1840. The van der Waals surface area contributed by atoms with E-state index in [2.05, 4.69) is 85.9 Å². The van der Waals surface area contributed by atoms with Gasteiger partial charge in [0.25, 0.3) is 0 Å². The van der Waals surface area contributed by atoms with Gasteiger partial charge in [-0.25, -0.2) is 0 Å². The maximum Gasteiger partial charge on any atom is 0.134 e. The number of rotatable bonds is 8. The summed E-state index contributed by atoms with van der Waals surface area (Å²) >= 11 is 0. The van der Waals surface area contributed by atoms with Gasteiger partial charge in [0.15, 0.2) is 0 Å². The highest BCUT2D eigenvalue weighted by molar-refractivity contribution is 5.92. The van der Waals surface area contributed by atoms with Gasteiger partial charge in [-0.05, 0) is 101 Å². The standard InChI is InChI=1S/C20H21NO.C14H14O.C7H9NO/c1-15(21-14-16-9-11-19(22)12-10-16)13-18-7-4-6-17-5-2-3-8-20(17)18;1-10-7-8-12(9-11(2)15)14-6-4-3-5-13(10)14;8-5-6-1-3-7(9)4-2-6/h2-12,15,21-22H,13-14H2,1H3;3-8H,9H2,1-2H3;1-4,9H,5,8H2. The molecule has 0 aromatic heterocycles. The normalized spacial score (nSPS) is 11.2. The average molecular weight is 613 g/mol. The number of aromatic hydroxyl groups is 2. The monoisotopic (exact) mass is 612 g/mol. The highest BCUT2D eigenvalue weighted by Gasteiger charge is 2.07. The molecule has 0 radical (unpaired) electrons. The molecule has 0 saturated carbocycles. The Morgan fingerprint density at radius 2 is 1.24 bits per heavy atom. The molecule has 6 aromatic rings. The third kappa shape index (κ3) is 10.0. The summed E-state index contributed by atoms with van der Waals surface area (Å²) in [5, 5.41) is 26.8. The smallest absolute Gasteiger partial charge is 0.134 e. The number of hydrogen-bond donors (Lipinski definition) is 4. The zero-order valence-corrected chi connectivity index (χ0v) is 26.9. The summed E-state index contributed by atoms with van der Waals surface area (Å²) < 4.78 is 0. The fourth-order valence-electron chi connectivity index (χ4n) is 5.34. The lowest BCUT2D eigenvalue weighted by Crippen LogP contribution is -2.27. The Morgan fingerprint density at radius 3 is 1.87 bits per heavy atom. The number of nitrogens with two attached hydrogens (primary N) is 1. The van der Waals surface area contributed by atoms with Crippen molar-refractivity contribution < 1.29 is 15.0 Å². The third-order valence-electron chi connectivity index (χ3n) is 7.84. The zero-order chi connectivity index (χ0) is 32.9. The molecule has 5 heteroatoms. The first kappa shape index (κ1) is 33.9. The van der Waals surface area contributed by atoms with Crippen LogP contribution in [-0.4, -0.2) is 22.0 Å². The lowest BCUT2D eigenvalue weighted by atomic mass is 9.97. The summed E-state index contributed by atoms with van der Waals surface area (Å²) in [7, 11) is 0. The Balaban J connectivity index is 0.000000172. The molecule has 0 spiro atoms. The molecule has 0 heterocycles. The van der Waals surface area contributed by atoms with E-state index < -0.39 is 0 Å². The number of Topliss-reactive ketones (excluding diaryl/α,β-unsaturated/α-hetero) is 1. The first-order chi connectivity index (χ1) is 22.2. The molecule has 46 heavy (non-hydrogen) atoms. The van der Waals surface area contributed by atoms with Crippen LogP contribution in [0.5, 0.6) is 11.5 Å². The Hall–Kier alpha value is -4.97. The first-order valence-corrected chi connectivity index (χ1v) is 15.7. The van der Waals surface area contributed by atoms with Gasteiger partial charge in [-0.15, -0.1) is 0 Å². The minimum atomic E-state index is 0.212. The number of phenolic OH excluding ortho intramolecular Hbond substituents is 2. The number of ketones is 1. The summed E-state index contributed by atoms with van der Waals surface area (Å²) in [6, 6.07) is 42.0. The summed E-state index contributed by atoms with van der Waals surface area (Å²) in [5.41, 5.74) is 11.3. The van der Waals surface area contributed by atoms with E-state index in [4.69, 9.17) is 10.8 Å². The van der Waals surface area contributed by atoms with Crippen molar-refractivity contribution in [1.82, 2.24) is 5.32 Å². The van der Waals surface area contributed by atoms with Crippen molar-refractivity contribution in [3.63, 3.8) is 0 Å². The van der Waals surface area contributed by atoms with E-state index in [-0.39, 0.29) is 11.5 Å². The molecule has 0 saturated heterocycles. The van der Waals surface area contributed by atoms with Crippen molar-refractivity contribution in [3.8, 4) is 11.5 Å². The Labute approximate surface area is 272 Å². The minimum Gasteiger partial charge on any atom is -0.508 e. The van der Waals surface area contributed by atoms with Crippen molar-refractivity contribution in [2.75, 3.05) is 0 Å². The van der Waals surface area contributed by atoms with Crippen LogP contribution in [0.4, 0.5) is 0 Å². The van der Waals surface area contributed by atoms with E-state index in [1.165, 1.54) is 38.2 Å². The Kier molecular flexibility index (Phi) is 12.5.